The number of hydrogen-bond donors (Lipinski definition) is 0. The van der Waals surface area contributed by atoms with Crippen LogP contribution in [0.25, 0.3) is 0 Å². The van der Waals surface area contributed by atoms with Crippen LogP contribution in [0, 0.1) is 6.92 Å². The quantitative estimate of drug-likeness (QED) is 0.535. The predicted octanol–water partition coefficient (Wildman–Crippen LogP) is 4.48. The Morgan fingerprint density at radius 3 is 2.62 bits per heavy atom. The van der Waals surface area contributed by atoms with Gasteiger partial charge < -0.3 is 0 Å². The molecule has 0 N–H and O–H groups in total. The Morgan fingerprint density at radius 2 is 2.00 bits per heavy atom. The highest BCUT2D eigenvalue weighted by atomic mass is 32.2. The normalized spacial score (nSPS) is 10.4. The van der Waals surface area contributed by atoms with E-state index in [1.165, 1.54) is 5.56 Å². The first-order chi connectivity index (χ1) is 7.69. The lowest BCUT2D eigenvalue weighted by atomic mass is 10.0. The van der Waals surface area contributed by atoms with Crippen molar-refractivity contribution in [2.75, 3.05) is 5.75 Å². The molecule has 0 saturated carbocycles. The van der Waals surface area contributed by atoms with Gasteiger partial charge in [-0.3, -0.25) is 4.79 Å². The summed E-state index contributed by atoms with van der Waals surface area (Å²) in [5.41, 5.74) is 2.08. The standard InChI is InChI=1S/C14H20OS/c1-4-6-13(15)12-10-11(3)7-8-14(12)16-9-5-2/h7-8,10H,4-6,9H2,1-3H3. The van der Waals surface area contributed by atoms with Crippen LogP contribution in [0.3, 0.4) is 0 Å². The van der Waals surface area contributed by atoms with Gasteiger partial charge in [-0.25, -0.2) is 0 Å². The van der Waals surface area contributed by atoms with E-state index in [4.69, 9.17) is 0 Å². The minimum Gasteiger partial charge on any atom is -0.294 e. The summed E-state index contributed by atoms with van der Waals surface area (Å²) in [4.78, 5) is 13.1. The minimum absolute atomic E-state index is 0.282. The number of aryl methyl sites for hydroxylation is 1. The zero-order chi connectivity index (χ0) is 12.0. The van der Waals surface area contributed by atoms with Crippen molar-refractivity contribution in [3.63, 3.8) is 0 Å². The van der Waals surface area contributed by atoms with E-state index in [-0.39, 0.29) is 5.78 Å². The highest BCUT2D eigenvalue weighted by Gasteiger charge is 2.10. The van der Waals surface area contributed by atoms with E-state index in [0.717, 1.165) is 29.1 Å². The number of hydrogen-bond acceptors (Lipinski definition) is 2. The number of ketones is 1. The molecule has 0 heterocycles. The Bertz CT molecular complexity index is 358. The van der Waals surface area contributed by atoms with Crippen molar-refractivity contribution >= 4 is 17.5 Å². The van der Waals surface area contributed by atoms with Gasteiger partial charge in [0.1, 0.15) is 0 Å². The van der Waals surface area contributed by atoms with Crippen LogP contribution in [0.1, 0.15) is 49.0 Å². The topological polar surface area (TPSA) is 17.1 Å². The molecule has 0 aliphatic heterocycles. The molecule has 0 spiro atoms. The summed E-state index contributed by atoms with van der Waals surface area (Å²) in [6.45, 7) is 6.25. The first kappa shape index (κ1) is 13.3. The molecule has 0 amide bonds. The summed E-state index contributed by atoms with van der Waals surface area (Å²) in [5.74, 6) is 1.36. The Kier molecular flexibility index (Phi) is 5.61. The molecule has 16 heavy (non-hydrogen) atoms. The molecule has 1 nitrogen and oxygen atoms in total. The molecule has 1 aromatic carbocycles. The molecule has 0 aliphatic carbocycles. The maximum atomic E-state index is 12.0. The van der Waals surface area contributed by atoms with E-state index in [1.54, 1.807) is 11.8 Å². The van der Waals surface area contributed by atoms with Crippen molar-refractivity contribution in [1.82, 2.24) is 0 Å². The third-order valence-electron chi connectivity index (χ3n) is 2.37. The largest absolute Gasteiger partial charge is 0.294 e. The smallest absolute Gasteiger partial charge is 0.163 e. The van der Waals surface area contributed by atoms with E-state index in [2.05, 4.69) is 19.1 Å². The molecule has 0 aromatic heterocycles. The molecular weight excluding hydrogens is 216 g/mol. The number of thioether (sulfide) groups is 1. The lowest BCUT2D eigenvalue weighted by molar-refractivity contribution is 0.0979. The van der Waals surface area contributed by atoms with Crippen molar-refractivity contribution in [3.05, 3.63) is 29.3 Å². The molecule has 0 unspecified atom stereocenters. The molecule has 2 heteroatoms. The molecule has 88 valence electrons. The van der Waals surface area contributed by atoms with Crippen LogP contribution >= 0.6 is 11.8 Å². The van der Waals surface area contributed by atoms with Gasteiger partial charge >= 0.3 is 0 Å². The number of carbonyl (C=O) groups excluding carboxylic acids is 1. The molecular formula is C14H20OS. The zero-order valence-electron chi connectivity index (χ0n) is 10.4. The Morgan fingerprint density at radius 1 is 1.25 bits per heavy atom. The van der Waals surface area contributed by atoms with Gasteiger partial charge in [0.15, 0.2) is 5.78 Å². The van der Waals surface area contributed by atoms with Gasteiger partial charge in [-0.1, -0.05) is 25.5 Å². The van der Waals surface area contributed by atoms with Gasteiger partial charge in [0.2, 0.25) is 0 Å². The highest BCUT2D eigenvalue weighted by Crippen LogP contribution is 2.25. The van der Waals surface area contributed by atoms with Crippen LogP contribution in [-0.2, 0) is 0 Å². The molecule has 0 fully saturated rings. The predicted molar refractivity (Wildman–Crippen MR) is 71.4 cm³/mol. The lowest BCUT2D eigenvalue weighted by Gasteiger charge is -2.08. The second-order valence-corrected chi connectivity index (χ2v) is 5.16. The zero-order valence-corrected chi connectivity index (χ0v) is 11.2. The summed E-state index contributed by atoms with van der Waals surface area (Å²) in [6.07, 6.45) is 2.72. The average molecular weight is 236 g/mol. The minimum atomic E-state index is 0.282. The van der Waals surface area contributed by atoms with E-state index < -0.39 is 0 Å². The summed E-state index contributed by atoms with van der Waals surface area (Å²) >= 11 is 1.79. The maximum absolute atomic E-state index is 12.0. The monoisotopic (exact) mass is 236 g/mol. The van der Waals surface area contributed by atoms with Crippen molar-refractivity contribution in [2.45, 2.75) is 44.9 Å². The fourth-order valence-corrected chi connectivity index (χ4v) is 2.48. The van der Waals surface area contributed by atoms with Crippen molar-refractivity contribution in [3.8, 4) is 0 Å². The number of carbonyl (C=O) groups is 1. The fourth-order valence-electron chi connectivity index (χ4n) is 1.56. The highest BCUT2D eigenvalue weighted by molar-refractivity contribution is 7.99. The number of rotatable bonds is 6. The van der Waals surface area contributed by atoms with Crippen molar-refractivity contribution in [1.29, 1.82) is 0 Å². The maximum Gasteiger partial charge on any atom is 0.163 e. The van der Waals surface area contributed by atoms with Crippen LogP contribution in [0.5, 0.6) is 0 Å². The van der Waals surface area contributed by atoms with Gasteiger partial charge in [-0.05, 0) is 37.7 Å². The van der Waals surface area contributed by atoms with Gasteiger partial charge in [0.25, 0.3) is 0 Å². The van der Waals surface area contributed by atoms with Crippen LogP contribution < -0.4 is 0 Å². The molecule has 1 rings (SSSR count). The molecule has 1 aromatic rings. The third-order valence-corrected chi connectivity index (χ3v) is 3.65. The van der Waals surface area contributed by atoms with Gasteiger partial charge in [0.05, 0.1) is 0 Å². The first-order valence-electron chi connectivity index (χ1n) is 5.95. The molecule has 0 aliphatic rings. The second-order valence-electron chi connectivity index (χ2n) is 4.02. The molecule has 0 atom stereocenters. The van der Waals surface area contributed by atoms with E-state index in [1.807, 2.05) is 19.9 Å². The molecule has 0 radical (unpaired) electrons. The lowest BCUT2D eigenvalue weighted by Crippen LogP contribution is -2.01. The van der Waals surface area contributed by atoms with Crippen molar-refractivity contribution in [2.24, 2.45) is 0 Å². The summed E-state index contributed by atoms with van der Waals surface area (Å²) in [6, 6.07) is 6.19. The van der Waals surface area contributed by atoms with Gasteiger partial charge in [-0.2, -0.15) is 0 Å². The van der Waals surface area contributed by atoms with Gasteiger partial charge in [-0.15, -0.1) is 11.8 Å². The molecule has 0 bridgehead atoms. The van der Waals surface area contributed by atoms with Crippen LogP contribution in [0.2, 0.25) is 0 Å². The summed E-state index contributed by atoms with van der Waals surface area (Å²) in [5, 5.41) is 0. The van der Waals surface area contributed by atoms with Crippen LogP contribution in [0.4, 0.5) is 0 Å². The van der Waals surface area contributed by atoms with E-state index >= 15 is 0 Å². The first-order valence-corrected chi connectivity index (χ1v) is 6.94. The van der Waals surface area contributed by atoms with Crippen molar-refractivity contribution < 1.29 is 4.79 Å². The average Bonchev–Trinajstić information content (AvgIpc) is 2.27. The SMILES string of the molecule is CCCSc1ccc(C)cc1C(=O)CCC. The number of benzene rings is 1. The van der Waals surface area contributed by atoms with E-state index in [0.29, 0.717) is 6.42 Å². The van der Waals surface area contributed by atoms with Crippen LogP contribution in [0.15, 0.2) is 23.1 Å². The Hall–Kier alpha value is -0.760. The summed E-state index contributed by atoms with van der Waals surface area (Å²) in [7, 11) is 0. The number of Topliss-reactive ketones (excluding diaryl/α,β-unsaturated/α-hetero) is 1. The van der Waals surface area contributed by atoms with Crippen LogP contribution in [-0.4, -0.2) is 11.5 Å². The molecule has 0 saturated heterocycles. The summed E-state index contributed by atoms with van der Waals surface area (Å²) < 4.78 is 0. The Balaban J connectivity index is 2.93. The van der Waals surface area contributed by atoms with Gasteiger partial charge in [0, 0.05) is 16.9 Å². The second kappa shape index (κ2) is 6.74. The van der Waals surface area contributed by atoms with E-state index in [9.17, 15) is 4.79 Å². The Labute approximate surface area is 103 Å². The fraction of sp³-hybridized carbons (Fsp3) is 0.500. The third kappa shape index (κ3) is 3.67.